The number of pyridine rings is 3. The van der Waals surface area contributed by atoms with Crippen molar-refractivity contribution in [3.63, 3.8) is 0 Å². The first-order valence-electron chi connectivity index (χ1n) is 9.75. The van der Waals surface area contributed by atoms with Gasteiger partial charge in [-0.05, 0) is 53.1 Å². The van der Waals surface area contributed by atoms with Crippen molar-refractivity contribution in [3.05, 3.63) is 86.0 Å². The van der Waals surface area contributed by atoms with Crippen LogP contribution in [0.3, 0.4) is 0 Å². The van der Waals surface area contributed by atoms with Crippen LogP contribution in [0.15, 0.2) is 91.0 Å². The van der Waals surface area contributed by atoms with Crippen molar-refractivity contribution in [1.82, 2.24) is 24.5 Å². The average molecular weight is 443 g/mol. The third kappa shape index (κ3) is 3.81. The Bertz CT molecular complexity index is 1530. The van der Waals surface area contributed by atoms with E-state index < -0.39 is 10.0 Å². The molecule has 1 N–H and O–H groups in total. The largest absolute Gasteiger partial charge is 0.339 e. The van der Waals surface area contributed by atoms with E-state index in [1.54, 1.807) is 42.5 Å². The normalized spacial score (nSPS) is 11.5. The molecule has 0 spiro atoms. The Labute approximate surface area is 184 Å². The summed E-state index contributed by atoms with van der Waals surface area (Å²) in [7, 11) is -2.10. The van der Waals surface area contributed by atoms with E-state index in [2.05, 4.69) is 24.7 Å². The summed E-state index contributed by atoms with van der Waals surface area (Å²) >= 11 is 0. The number of benzene rings is 1. The number of nitrogens with zero attached hydrogens (tertiary/aromatic N) is 5. The van der Waals surface area contributed by atoms with E-state index >= 15 is 0 Å². The van der Waals surface area contributed by atoms with Crippen LogP contribution >= 0.6 is 0 Å². The van der Waals surface area contributed by atoms with E-state index in [1.807, 2.05) is 36.4 Å². The second-order valence-corrected chi connectivity index (χ2v) is 8.90. The molecule has 158 valence electrons. The Hall–Kier alpha value is -4.11. The highest BCUT2D eigenvalue weighted by molar-refractivity contribution is 7.92. The van der Waals surface area contributed by atoms with E-state index in [-0.39, 0.29) is 5.03 Å². The molecule has 0 unspecified atom stereocenters. The standard InChI is InChI=1S/C23H18N6O2S/c1-29-14-23(27-15-29)32(30,31)28-19-10-18(12-25-13-19)17-2-3-22-21(11-17)20(6-9-26-22)16-4-7-24-8-5-16/h2-15,28H,1H3. The lowest BCUT2D eigenvalue weighted by atomic mass is 9.98. The molecule has 0 atom stereocenters. The van der Waals surface area contributed by atoms with Crippen molar-refractivity contribution in [2.75, 3.05) is 4.72 Å². The van der Waals surface area contributed by atoms with Gasteiger partial charge >= 0.3 is 0 Å². The van der Waals surface area contributed by atoms with Crippen molar-refractivity contribution >= 4 is 26.6 Å². The first-order valence-corrected chi connectivity index (χ1v) is 11.2. The molecule has 1 aromatic carbocycles. The van der Waals surface area contributed by atoms with Gasteiger partial charge in [0.1, 0.15) is 0 Å². The van der Waals surface area contributed by atoms with Crippen molar-refractivity contribution in [2.24, 2.45) is 7.05 Å². The van der Waals surface area contributed by atoms with E-state index in [0.717, 1.165) is 33.2 Å². The average Bonchev–Trinajstić information content (AvgIpc) is 3.26. The molecular weight excluding hydrogens is 424 g/mol. The molecule has 0 aliphatic heterocycles. The van der Waals surface area contributed by atoms with Crippen LogP contribution in [-0.2, 0) is 17.1 Å². The summed E-state index contributed by atoms with van der Waals surface area (Å²) in [6, 6.07) is 13.5. The third-order valence-corrected chi connectivity index (χ3v) is 6.28. The maximum absolute atomic E-state index is 12.6. The molecule has 0 radical (unpaired) electrons. The maximum atomic E-state index is 12.6. The molecule has 4 heterocycles. The minimum absolute atomic E-state index is 0.0517. The number of imidazole rings is 1. The van der Waals surface area contributed by atoms with E-state index in [0.29, 0.717) is 5.69 Å². The summed E-state index contributed by atoms with van der Waals surface area (Å²) in [5.41, 5.74) is 4.97. The zero-order chi connectivity index (χ0) is 22.1. The van der Waals surface area contributed by atoms with Crippen LogP contribution < -0.4 is 4.72 Å². The van der Waals surface area contributed by atoms with E-state index in [4.69, 9.17) is 0 Å². The highest BCUT2D eigenvalue weighted by atomic mass is 32.2. The number of hydrogen-bond acceptors (Lipinski definition) is 6. The molecular formula is C23H18N6O2S. The SMILES string of the molecule is Cn1cnc(S(=O)(=O)Nc2cncc(-c3ccc4nccc(-c5ccncc5)c4c3)c2)c1. The van der Waals surface area contributed by atoms with Crippen molar-refractivity contribution in [1.29, 1.82) is 0 Å². The predicted molar refractivity (Wildman–Crippen MR) is 122 cm³/mol. The van der Waals surface area contributed by atoms with Gasteiger partial charge in [-0.3, -0.25) is 19.7 Å². The van der Waals surface area contributed by atoms with Crippen molar-refractivity contribution in [2.45, 2.75) is 5.03 Å². The van der Waals surface area contributed by atoms with Crippen LogP contribution in [-0.4, -0.2) is 32.9 Å². The fraction of sp³-hybridized carbons (Fsp3) is 0.0435. The van der Waals surface area contributed by atoms with Gasteiger partial charge in [0.25, 0.3) is 10.0 Å². The Kier molecular flexibility index (Phi) is 4.87. The summed E-state index contributed by atoms with van der Waals surface area (Å²) in [6.07, 6.45) is 11.3. The Morgan fingerprint density at radius 3 is 2.47 bits per heavy atom. The molecule has 0 saturated heterocycles. The molecule has 0 aliphatic rings. The highest BCUT2D eigenvalue weighted by Crippen LogP contribution is 2.31. The highest BCUT2D eigenvalue weighted by Gasteiger charge is 2.17. The van der Waals surface area contributed by atoms with Crippen LogP contribution in [0.1, 0.15) is 0 Å². The monoisotopic (exact) mass is 442 g/mol. The second-order valence-electron chi connectivity index (χ2n) is 7.27. The molecule has 0 fully saturated rings. The molecule has 32 heavy (non-hydrogen) atoms. The van der Waals surface area contributed by atoms with Gasteiger partial charge < -0.3 is 4.57 Å². The van der Waals surface area contributed by atoms with Crippen molar-refractivity contribution < 1.29 is 8.42 Å². The predicted octanol–water partition coefficient (Wildman–Crippen LogP) is 3.89. The number of anilines is 1. The molecule has 5 rings (SSSR count). The lowest BCUT2D eigenvalue weighted by Crippen LogP contribution is -2.13. The first-order chi connectivity index (χ1) is 15.5. The topological polar surface area (TPSA) is 103 Å². The Balaban J connectivity index is 1.54. The molecule has 8 nitrogen and oxygen atoms in total. The van der Waals surface area contributed by atoms with Crippen LogP contribution in [0.4, 0.5) is 5.69 Å². The first kappa shape index (κ1) is 19.8. The van der Waals surface area contributed by atoms with Crippen LogP contribution in [0, 0.1) is 0 Å². The van der Waals surface area contributed by atoms with Gasteiger partial charge in [0.2, 0.25) is 0 Å². The van der Waals surface area contributed by atoms with Crippen LogP contribution in [0.5, 0.6) is 0 Å². The van der Waals surface area contributed by atoms with E-state index in [9.17, 15) is 8.42 Å². The molecule has 9 heteroatoms. The number of nitrogens with one attached hydrogen (secondary N) is 1. The summed E-state index contributed by atoms with van der Waals surface area (Å²) in [5, 5.41) is 0.930. The van der Waals surface area contributed by atoms with Gasteiger partial charge in [-0.15, -0.1) is 0 Å². The lowest BCUT2D eigenvalue weighted by molar-refractivity contribution is 0.598. The van der Waals surface area contributed by atoms with Gasteiger partial charge in [0.05, 0.1) is 23.7 Å². The number of sulfonamides is 1. The molecule has 0 saturated carbocycles. The van der Waals surface area contributed by atoms with Gasteiger partial charge in [0.15, 0.2) is 5.03 Å². The summed E-state index contributed by atoms with van der Waals surface area (Å²) in [4.78, 5) is 16.7. The summed E-state index contributed by atoms with van der Waals surface area (Å²) in [5.74, 6) is 0. The van der Waals surface area contributed by atoms with Gasteiger partial charge in [-0.2, -0.15) is 8.42 Å². The smallest absolute Gasteiger partial charge is 0.280 e. The minimum Gasteiger partial charge on any atom is -0.339 e. The number of fused-ring (bicyclic) bond motifs is 1. The Morgan fingerprint density at radius 2 is 1.69 bits per heavy atom. The zero-order valence-electron chi connectivity index (χ0n) is 17.0. The lowest BCUT2D eigenvalue weighted by Gasteiger charge is -2.10. The summed E-state index contributed by atoms with van der Waals surface area (Å²) < 4.78 is 29.3. The molecule has 0 bridgehead atoms. The number of rotatable bonds is 5. The number of hydrogen-bond donors (Lipinski definition) is 1. The third-order valence-electron chi connectivity index (χ3n) is 5.01. The maximum Gasteiger partial charge on any atom is 0.280 e. The molecule has 4 aromatic heterocycles. The zero-order valence-corrected chi connectivity index (χ0v) is 17.9. The second kappa shape index (κ2) is 7.86. The quantitative estimate of drug-likeness (QED) is 0.443. The van der Waals surface area contributed by atoms with Crippen molar-refractivity contribution in [3.8, 4) is 22.3 Å². The fourth-order valence-corrected chi connectivity index (χ4v) is 4.52. The van der Waals surface area contributed by atoms with Gasteiger partial charge in [-0.1, -0.05) is 6.07 Å². The summed E-state index contributed by atoms with van der Waals surface area (Å²) in [6.45, 7) is 0. The van der Waals surface area contributed by atoms with Crippen LogP contribution in [0.2, 0.25) is 0 Å². The minimum atomic E-state index is -3.81. The Morgan fingerprint density at radius 1 is 0.844 bits per heavy atom. The van der Waals surface area contributed by atoms with Crippen LogP contribution in [0.25, 0.3) is 33.2 Å². The van der Waals surface area contributed by atoms with Gasteiger partial charge in [0, 0.05) is 49.0 Å². The molecule has 0 aliphatic carbocycles. The number of aryl methyl sites for hydroxylation is 1. The fourth-order valence-electron chi connectivity index (χ4n) is 3.50. The number of aromatic nitrogens is 5. The van der Waals surface area contributed by atoms with Gasteiger partial charge in [-0.25, -0.2) is 4.98 Å². The van der Waals surface area contributed by atoms with E-state index in [1.165, 1.54) is 18.7 Å². The molecule has 0 amide bonds. The molecule has 5 aromatic rings.